The van der Waals surface area contributed by atoms with Gasteiger partial charge in [0.05, 0.1) is 12.3 Å². The van der Waals surface area contributed by atoms with E-state index >= 15 is 0 Å². The van der Waals surface area contributed by atoms with Crippen molar-refractivity contribution in [3.63, 3.8) is 0 Å². The molecule has 0 saturated heterocycles. The molecule has 0 saturated carbocycles. The summed E-state index contributed by atoms with van der Waals surface area (Å²) in [5.74, 6) is 0.960. The lowest BCUT2D eigenvalue weighted by Gasteiger charge is -2.12. The number of hydrogen-bond acceptors (Lipinski definition) is 3. The van der Waals surface area contributed by atoms with Crippen LogP contribution < -0.4 is 5.32 Å². The van der Waals surface area contributed by atoms with Crippen molar-refractivity contribution in [2.45, 2.75) is 19.5 Å². The van der Waals surface area contributed by atoms with Gasteiger partial charge in [-0.1, -0.05) is 18.2 Å². The van der Waals surface area contributed by atoms with Gasteiger partial charge in [0.15, 0.2) is 0 Å². The van der Waals surface area contributed by atoms with Crippen LogP contribution in [0.2, 0.25) is 0 Å². The molecular formula is C16H16N2O. The number of nitrogens with one attached hydrogen (secondary N) is 1. The summed E-state index contributed by atoms with van der Waals surface area (Å²) in [7, 11) is 0. The SMILES string of the molecule is C[C@H](NCc1cccc2cnccc12)c1ccco1. The van der Waals surface area contributed by atoms with Gasteiger partial charge in [-0.05, 0) is 36.1 Å². The molecule has 0 spiro atoms. The van der Waals surface area contributed by atoms with Crippen LogP contribution in [0.4, 0.5) is 0 Å². The second-order valence-corrected chi connectivity index (χ2v) is 4.63. The van der Waals surface area contributed by atoms with Crippen LogP contribution in [0.15, 0.2) is 59.5 Å². The van der Waals surface area contributed by atoms with Crippen molar-refractivity contribution >= 4 is 10.8 Å². The lowest BCUT2D eigenvalue weighted by atomic mass is 10.1. The molecule has 1 atom stereocenters. The van der Waals surface area contributed by atoms with Crippen LogP contribution in [-0.2, 0) is 6.54 Å². The molecule has 1 N–H and O–H groups in total. The van der Waals surface area contributed by atoms with E-state index < -0.39 is 0 Å². The first-order chi connectivity index (χ1) is 9.34. The topological polar surface area (TPSA) is 38.1 Å². The summed E-state index contributed by atoms with van der Waals surface area (Å²) in [6.45, 7) is 2.91. The third kappa shape index (κ3) is 2.51. The van der Waals surface area contributed by atoms with Gasteiger partial charge in [0, 0.05) is 24.3 Å². The summed E-state index contributed by atoms with van der Waals surface area (Å²) in [6.07, 6.45) is 5.44. The molecule has 3 rings (SSSR count). The second-order valence-electron chi connectivity index (χ2n) is 4.63. The van der Waals surface area contributed by atoms with Gasteiger partial charge in [-0.15, -0.1) is 0 Å². The van der Waals surface area contributed by atoms with Crippen LogP contribution in [0.5, 0.6) is 0 Å². The number of nitrogens with zero attached hydrogens (tertiary/aromatic N) is 1. The zero-order valence-corrected chi connectivity index (χ0v) is 10.8. The highest BCUT2D eigenvalue weighted by molar-refractivity contribution is 5.84. The zero-order valence-electron chi connectivity index (χ0n) is 10.8. The summed E-state index contributed by atoms with van der Waals surface area (Å²) < 4.78 is 5.40. The van der Waals surface area contributed by atoms with E-state index in [2.05, 4.69) is 41.5 Å². The smallest absolute Gasteiger partial charge is 0.120 e. The Bertz CT molecular complexity index is 656. The van der Waals surface area contributed by atoms with Gasteiger partial charge < -0.3 is 9.73 Å². The maximum atomic E-state index is 5.40. The Morgan fingerprint density at radius 2 is 2.16 bits per heavy atom. The zero-order chi connectivity index (χ0) is 13.1. The predicted molar refractivity (Wildman–Crippen MR) is 75.7 cm³/mol. The molecule has 2 heterocycles. The van der Waals surface area contributed by atoms with Gasteiger partial charge in [0.25, 0.3) is 0 Å². The molecule has 0 bridgehead atoms. The minimum Gasteiger partial charge on any atom is -0.468 e. The molecule has 0 fully saturated rings. The fourth-order valence-corrected chi connectivity index (χ4v) is 2.25. The largest absolute Gasteiger partial charge is 0.468 e. The van der Waals surface area contributed by atoms with Gasteiger partial charge in [-0.25, -0.2) is 0 Å². The van der Waals surface area contributed by atoms with Crippen LogP contribution in [0.1, 0.15) is 24.3 Å². The van der Waals surface area contributed by atoms with Crippen molar-refractivity contribution in [2.24, 2.45) is 0 Å². The van der Waals surface area contributed by atoms with E-state index in [1.807, 2.05) is 24.5 Å². The number of aromatic nitrogens is 1. The molecule has 3 nitrogen and oxygen atoms in total. The van der Waals surface area contributed by atoms with Crippen molar-refractivity contribution in [2.75, 3.05) is 0 Å². The molecule has 0 unspecified atom stereocenters. The predicted octanol–water partition coefficient (Wildman–Crippen LogP) is 3.68. The van der Waals surface area contributed by atoms with E-state index in [4.69, 9.17) is 4.42 Å². The molecular weight excluding hydrogens is 236 g/mol. The highest BCUT2D eigenvalue weighted by Gasteiger charge is 2.08. The molecule has 2 aromatic heterocycles. The Labute approximate surface area is 112 Å². The highest BCUT2D eigenvalue weighted by Crippen LogP contribution is 2.19. The van der Waals surface area contributed by atoms with E-state index in [1.54, 1.807) is 6.26 Å². The van der Waals surface area contributed by atoms with Gasteiger partial charge in [-0.2, -0.15) is 0 Å². The Kier molecular flexibility index (Phi) is 3.29. The third-order valence-electron chi connectivity index (χ3n) is 3.34. The van der Waals surface area contributed by atoms with E-state index in [0.717, 1.165) is 12.3 Å². The summed E-state index contributed by atoms with van der Waals surface area (Å²) in [6, 6.07) is 12.5. The van der Waals surface area contributed by atoms with Crippen LogP contribution in [0.25, 0.3) is 10.8 Å². The van der Waals surface area contributed by atoms with Crippen LogP contribution in [-0.4, -0.2) is 4.98 Å². The monoisotopic (exact) mass is 252 g/mol. The minimum atomic E-state index is 0.201. The van der Waals surface area contributed by atoms with Gasteiger partial charge >= 0.3 is 0 Å². The first-order valence-corrected chi connectivity index (χ1v) is 6.43. The maximum Gasteiger partial charge on any atom is 0.120 e. The summed E-state index contributed by atoms with van der Waals surface area (Å²) in [5.41, 5.74) is 1.28. The highest BCUT2D eigenvalue weighted by atomic mass is 16.3. The molecule has 3 aromatic rings. The van der Waals surface area contributed by atoms with Gasteiger partial charge in [0.1, 0.15) is 5.76 Å². The van der Waals surface area contributed by atoms with Crippen molar-refractivity contribution in [3.8, 4) is 0 Å². The van der Waals surface area contributed by atoms with E-state index in [-0.39, 0.29) is 6.04 Å². The van der Waals surface area contributed by atoms with E-state index in [0.29, 0.717) is 0 Å². The number of rotatable bonds is 4. The average Bonchev–Trinajstić information content (AvgIpc) is 2.99. The number of pyridine rings is 1. The lowest BCUT2D eigenvalue weighted by molar-refractivity contribution is 0.430. The normalized spacial score (nSPS) is 12.7. The van der Waals surface area contributed by atoms with Crippen molar-refractivity contribution in [1.29, 1.82) is 0 Å². The summed E-state index contributed by atoms with van der Waals surface area (Å²) in [5, 5.41) is 5.90. The standard InChI is InChI=1S/C16H16N2O/c1-12(16-6-3-9-19-16)18-11-14-5-2-4-13-10-17-8-7-15(13)14/h2-10,12,18H,11H2,1H3/t12-/m0/s1. The number of fused-ring (bicyclic) bond motifs is 1. The molecule has 96 valence electrons. The molecule has 0 aliphatic rings. The number of benzene rings is 1. The van der Waals surface area contributed by atoms with Gasteiger partial charge in [-0.3, -0.25) is 4.98 Å². The number of hydrogen-bond donors (Lipinski definition) is 1. The molecule has 0 aliphatic carbocycles. The molecule has 0 aliphatic heterocycles. The molecule has 0 radical (unpaired) electrons. The molecule has 3 heteroatoms. The maximum absolute atomic E-state index is 5.40. The van der Waals surface area contributed by atoms with Crippen LogP contribution in [0.3, 0.4) is 0 Å². The first-order valence-electron chi connectivity index (χ1n) is 6.43. The fourth-order valence-electron chi connectivity index (χ4n) is 2.25. The van der Waals surface area contributed by atoms with Crippen LogP contribution >= 0.6 is 0 Å². The second kappa shape index (κ2) is 5.24. The fraction of sp³-hybridized carbons (Fsp3) is 0.188. The van der Waals surface area contributed by atoms with Gasteiger partial charge in [0.2, 0.25) is 0 Å². The summed E-state index contributed by atoms with van der Waals surface area (Å²) >= 11 is 0. The van der Waals surface area contributed by atoms with E-state index in [1.165, 1.54) is 16.3 Å². The van der Waals surface area contributed by atoms with Crippen molar-refractivity contribution in [1.82, 2.24) is 10.3 Å². The Hall–Kier alpha value is -2.13. The van der Waals surface area contributed by atoms with Crippen molar-refractivity contribution < 1.29 is 4.42 Å². The minimum absolute atomic E-state index is 0.201. The van der Waals surface area contributed by atoms with Crippen molar-refractivity contribution in [3.05, 3.63) is 66.4 Å². The van der Waals surface area contributed by atoms with Crippen LogP contribution in [0, 0.1) is 0 Å². The first kappa shape index (κ1) is 11.9. The Balaban J connectivity index is 1.79. The molecule has 0 amide bonds. The number of furan rings is 1. The van der Waals surface area contributed by atoms with E-state index in [9.17, 15) is 0 Å². The summed E-state index contributed by atoms with van der Waals surface area (Å²) in [4.78, 5) is 4.15. The Morgan fingerprint density at radius 3 is 3.00 bits per heavy atom. The average molecular weight is 252 g/mol. The third-order valence-corrected chi connectivity index (χ3v) is 3.34. The lowest BCUT2D eigenvalue weighted by Crippen LogP contribution is -2.17. The quantitative estimate of drug-likeness (QED) is 0.769. The molecule has 19 heavy (non-hydrogen) atoms. The molecule has 1 aromatic carbocycles. The Morgan fingerprint density at radius 1 is 1.21 bits per heavy atom.